The summed E-state index contributed by atoms with van der Waals surface area (Å²) in [5.41, 5.74) is 0. The molecule has 2 atom stereocenters. The summed E-state index contributed by atoms with van der Waals surface area (Å²) in [5, 5.41) is 3.44. The largest absolute Gasteiger partial charge is 0.383 e. The third-order valence-electron chi connectivity index (χ3n) is 4.14. The van der Waals surface area contributed by atoms with Crippen molar-refractivity contribution in [3.63, 3.8) is 0 Å². The average molecular weight is 284 g/mol. The first-order chi connectivity index (χ1) is 9.54. The maximum atomic E-state index is 12.5. The van der Waals surface area contributed by atoms with E-state index in [4.69, 9.17) is 4.74 Å². The third-order valence-corrected chi connectivity index (χ3v) is 4.14. The van der Waals surface area contributed by atoms with E-state index in [1.165, 1.54) is 12.8 Å². The monoisotopic (exact) mass is 284 g/mol. The minimum absolute atomic E-state index is 0.286. The van der Waals surface area contributed by atoms with Crippen molar-refractivity contribution in [2.45, 2.75) is 40.0 Å². The predicted molar refractivity (Wildman–Crippen MR) is 82.7 cm³/mol. The van der Waals surface area contributed by atoms with Crippen molar-refractivity contribution >= 4 is 5.91 Å². The van der Waals surface area contributed by atoms with Crippen LogP contribution < -0.4 is 5.32 Å². The second-order valence-corrected chi connectivity index (χ2v) is 6.51. The Bertz CT molecular complexity index is 276. The lowest BCUT2D eigenvalue weighted by Gasteiger charge is -2.30. The molecule has 0 radical (unpaired) electrons. The molecule has 0 aromatic rings. The first-order valence-corrected chi connectivity index (χ1v) is 8.02. The quantitative estimate of drug-likeness (QED) is 0.742. The number of hydrogen-bond acceptors (Lipinski definition) is 3. The number of rotatable bonds is 8. The van der Waals surface area contributed by atoms with Gasteiger partial charge in [-0.2, -0.15) is 0 Å². The van der Waals surface area contributed by atoms with Gasteiger partial charge in [-0.25, -0.2) is 0 Å². The fraction of sp³-hybridized carbons (Fsp3) is 0.938. The molecule has 4 heteroatoms. The fourth-order valence-corrected chi connectivity index (χ4v) is 2.90. The fourth-order valence-electron chi connectivity index (χ4n) is 2.90. The number of carbonyl (C=O) groups is 1. The van der Waals surface area contributed by atoms with Gasteiger partial charge in [-0.15, -0.1) is 0 Å². The Hall–Kier alpha value is -0.610. The van der Waals surface area contributed by atoms with Gasteiger partial charge in [-0.1, -0.05) is 20.8 Å². The highest BCUT2D eigenvalue weighted by Crippen LogP contribution is 2.23. The van der Waals surface area contributed by atoms with Gasteiger partial charge < -0.3 is 15.0 Å². The van der Waals surface area contributed by atoms with E-state index in [9.17, 15) is 4.79 Å². The smallest absolute Gasteiger partial charge is 0.222 e. The number of ether oxygens (including phenoxy) is 1. The van der Waals surface area contributed by atoms with Crippen molar-refractivity contribution in [2.75, 3.05) is 39.9 Å². The zero-order chi connectivity index (χ0) is 15.0. The van der Waals surface area contributed by atoms with Crippen molar-refractivity contribution in [1.82, 2.24) is 10.2 Å². The molecule has 2 unspecified atom stereocenters. The Kier molecular flexibility index (Phi) is 8.15. The van der Waals surface area contributed by atoms with Crippen LogP contribution in [0.3, 0.4) is 0 Å². The van der Waals surface area contributed by atoms with Crippen molar-refractivity contribution < 1.29 is 9.53 Å². The Morgan fingerprint density at radius 1 is 1.40 bits per heavy atom. The number of nitrogens with zero attached hydrogens (tertiary/aromatic N) is 1. The molecular formula is C16H32N2O2. The molecule has 1 N–H and O–H groups in total. The lowest BCUT2D eigenvalue weighted by atomic mass is 9.85. The van der Waals surface area contributed by atoms with E-state index in [0.29, 0.717) is 37.3 Å². The minimum atomic E-state index is 0.286. The van der Waals surface area contributed by atoms with Crippen LogP contribution >= 0.6 is 0 Å². The van der Waals surface area contributed by atoms with Gasteiger partial charge in [0.05, 0.1) is 6.61 Å². The molecule has 0 bridgehead atoms. The van der Waals surface area contributed by atoms with E-state index in [1.807, 2.05) is 4.90 Å². The van der Waals surface area contributed by atoms with Crippen LogP contribution in [0.25, 0.3) is 0 Å². The molecule has 1 rings (SSSR count). The topological polar surface area (TPSA) is 41.6 Å². The summed E-state index contributed by atoms with van der Waals surface area (Å²) >= 11 is 0. The van der Waals surface area contributed by atoms with Crippen LogP contribution in [0.2, 0.25) is 0 Å². The molecule has 118 valence electrons. The summed E-state index contributed by atoms with van der Waals surface area (Å²) in [7, 11) is 1.69. The van der Waals surface area contributed by atoms with E-state index in [0.717, 1.165) is 19.6 Å². The number of methoxy groups -OCH3 is 1. The van der Waals surface area contributed by atoms with E-state index < -0.39 is 0 Å². The highest BCUT2D eigenvalue weighted by molar-refractivity contribution is 5.76. The zero-order valence-electron chi connectivity index (χ0n) is 13.7. The summed E-state index contributed by atoms with van der Waals surface area (Å²) in [6, 6.07) is 0. The van der Waals surface area contributed by atoms with Crippen LogP contribution in [0, 0.1) is 17.8 Å². The summed E-state index contributed by atoms with van der Waals surface area (Å²) in [4.78, 5) is 14.5. The maximum Gasteiger partial charge on any atom is 0.222 e. The van der Waals surface area contributed by atoms with Crippen LogP contribution in [0.15, 0.2) is 0 Å². The molecule has 1 fully saturated rings. The molecule has 0 aliphatic carbocycles. The third kappa shape index (κ3) is 6.23. The van der Waals surface area contributed by atoms with Crippen LogP contribution in [0.5, 0.6) is 0 Å². The van der Waals surface area contributed by atoms with Gasteiger partial charge in [0.15, 0.2) is 0 Å². The summed E-state index contributed by atoms with van der Waals surface area (Å²) in [6.45, 7) is 10.9. The van der Waals surface area contributed by atoms with Gasteiger partial charge in [0.1, 0.15) is 0 Å². The van der Waals surface area contributed by atoms with Crippen LogP contribution in [0.1, 0.15) is 40.0 Å². The van der Waals surface area contributed by atoms with Crippen LogP contribution in [-0.4, -0.2) is 50.7 Å². The standard InChI is InChI=1S/C16H32N2O2/c1-13(2)12-18(8-9-20-4)16(19)10-14(3)15-6-5-7-17-11-15/h13-15,17H,5-12H2,1-4H3. The number of hydrogen-bond donors (Lipinski definition) is 1. The summed E-state index contributed by atoms with van der Waals surface area (Å²) in [5.74, 6) is 1.90. The predicted octanol–water partition coefficient (Wildman–Crippen LogP) is 2.14. The van der Waals surface area contributed by atoms with Crippen LogP contribution in [-0.2, 0) is 9.53 Å². The van der Waals surface area contributed by atoms with Crippen molar-refractivity contribution in [3.05, 3.63) is 0 Å². The molecule has 0 saturated carbocycles. The summed E-state index contributed by atoms with van der Waals surface area (Å²) in [6.07, 6.45) is 3.16. The van der Waals surface area contributed by atoms with E-state index in [2.05, 4.69) is 26.1 Å². The highest BCUT2D eigenvalue weighted by Gasteiger charge is 2.24. The zero-order valence-corrected chi connectivity index (χ0v) is 13.7. The number of piperidine rings is 1. The van der Waals surface area contributed by atoms with Gasteiger partial charge in [-0.05, 0) is 43.7 Å². The molecule has 0 aromatic carbocycles. The van der Waals surface area contributed by atoms with E-state index in [-0.39, 0.29) is 5.91 Å². The molecule has 0 aromatic heterocycles. The lowest BCUT2D eigenvalue weighted by Crippen LogP contribution is -2.39. The second-order valence-electron chi connectivity index (χ2n) is 6.51. The van der Waals surface area contributed by atoms with E-state index >= 15 is 0 Å². The SMILES string of the molecule is COCCN(CC(C)C)C(=O)CC(C)C1CCCNC1. The van der Waals surface area contributed by atoms with Crippen molar-refractivity contribution in [2.24, 2.45) is 17.8 Å². The van der Waals surface area contributed by atoms with Gasteiger partial charge in [0.25, 0.3) is 0 Å². The Labute approximate surface area is 124 Å². The first-order valence-electron chi connectivity index (χ1n) is 8.02. The molecule has 1 saturated heterocycles. The Morgan fingerprint density at radius 3 is 2.70 bits per heavy atom. The minimum Gasteiger partial charge on any atom is -0.383 e. The normalized spacial score (nSPS) is 20.9. The van der Waals surface area contributed by atoms with E-state index in [1.54, 1.807) is 7.11 Å². The molecule has 1 aliphatic heterocycles. The van der Waals surface area contributed by atoms with Gasteiger partial charge >= 0.3 is 0 Å². The molecule has 4 nitrogen and oxygen atoms in total. The second kappa shape index (κ2) is 9.35. The lowest BCUT2D eigenvalue weighted by molar-refractivity contribution is -0.133. The van der Waals surface area contributed by atoms with Crippen LogP contribution in [0.4, 0.5) is 0 Å². The maximum absolute atomic E-state index is 12.5. The number of amides is 1. The Morgan fingerprint density at radius 2 is 2.15 bits per heavy atom. The van der Waals surface area contributed by atoms with Crippen molar-refractivity contribution in [3.8, 4) is 0 Å². The Balaban J connectivity index is 2.46. The summed E-state index contributed by atoms with van der Waals surface area (Å²) < 4.78 is 5.12. The molecule has 1 heterocycles. The average Bonchev–Trinajstić information content (AvgIpc) is 2.43. The molecule has 1 aliphatic rings. The number of nitrogens with one attached hydrogen (secondary N) is 1. The van der Waals surface area contributed by atoms with Gasteiger partial charge in [0.2, 0.25) is 5.91 Å². The van der Waals surface area contributed by atoms with Gasteiger partial charge in [-0.3, -0.25) is 4.79 Å². The highest BCUT2D eigenvalue weighted by atomic mass is 16.5. The first kappa shape index (κ1) is 17.4. The number of carbonyl (C=O) groups excluding carboxylic acids is 1. The molecule has 20 heavy (non-hydrogen) atoms. The molecule has 0 spiro atoms. The van der Waals surface area contributed by atoms with Gasteiger partial charge in [0, 0.05) is 26.6 Å². The molecule has 1 amide bonds. The molecular weight excluding hydrogens is 252 g/mol. The van der Waals surface area contributed by atoms with Crippen molar-refractivity contribution in [1.29, 1.82) is 0 Å².